The molecule has 1 amide bonds. The van der Waals surface area contributed by atoms with E-state index in [1.807, 2.05) is 0 Å². The van der Waals surface area contributed by atoms with Crippen molar-refractivity contribution in [1.29, 1.82) is 0 Å². The molecule has 1 aliphatic carbocycles. The molecule has 0 radical (unpaired) electrons. The highest BCUT2D eigenvalue weighted by molar-refractivity contribution is 7.07. The summed E-state index contributed by atoms with van der Waals surface area (Å²) in [5.41, 5.74) is 1.28. The van der Waals surface area contributed by atoms with Crippen molar-refractivity contribution < 1.29 is 4.79 Å². The summed E-state index contributed by atoms with van der Waals surface area (Å²) in [7, 11) is 0. The fourth-order valence-corrected chi connectivity index (χ4v) is 3.77. The smallest absolute Gasteiger partial charge is 0.240 e. The average Bonchev–Trinajstić information content (AvgIpc) is 3.20. The number of hydrogen-bond acceptors (Lipinski definition) is 3. The van der Waals surface area contributed by atoms with Gasteiger partial charge in [-0.15, -0.1) is 0 Å². The van der Waals surface area contributed by atoms with E-state index in [-0.39, 0.29) is 6.04 Å². The number of amides is 1. The number of thiophene rings is 1. The van der Waals surface area contributed by atoms with Crippen molar-refractivity contribution in [3.63, 3.8) is 0 Å². The van der Waals surface area contributed by atoms with Gasteiger partial charge in [0.2, 0.25) is 5.91 Å². The maximum Gasteiger partial charge on any atom is 0.240 e. The molecule has 2 aliphatic rings. The Morgan fingerprint density at radius 2 is 2.30 bits per heavy atom. The van der Waals surface area contributed by atoms with E-state index >= 15 is 0 Å². The van der Waals surface area contributed by atoms with Crippen LogP contribution in [0.2, 0.25) is 0 Å². The molecule has 20 heavy (non-hydrogen) atoms. The third kappa shape index (κ3) is 3.23. The van der Waals surface area contributed by atoms with E-state index < -0.39 is 0 Å². The lowest BCUT2D eigenvalue weighted by molar-refractivity contribution is -0.135. The van der Waals surface area contributed by atoms with Crippen LogP contribution in [0.1, 0.15) is 44.6 Å². The molecule has 0 spiro atoms. The Kier molecular flexibility index (Phi) is 4.41. The van der Waals surface area contributed by atoms with Crippen LogP contribution < -0.4 is 5.32 Å². The Morgan fingerprint density at radius 1 is 1.45 bits per heavy atom. The number of piperidine rings is 1. The summed E-state index contributed by atoms with van der Waals surface area (Å²) < 4.78 is 0. The van der Waals surface area contributed by atoms with Crippen molar-refractivity contribution in [2.45, 2.75) is 57.7 Å². The van der Waals surface area contributed by atoms with E-state index in [0.717, 1.165) is 19.5 Å². The summed E-state index contributed by atoms with van der Waals surface area (Å²) in [4.78, 5) is 15.0. The minimum atomic E-state index is 0.0490. The number of hydrogen-bond donors (Lipinski definition) is 1. The van der Waals surface area contributed by atoms with Gasteiger partial charge in [0, 0.05) is 12.6 Å². The quantitative estimate of drug-likeness (QED) is 0.905. The molecule has 4 heteroatoms. The first-order valence-electron chi connectivity index (χ1n) is 7.83. The lowest BCUT2D eigenvalue weighted by atomic mass is 9.90. The third-order valence-corrected chi connectivity index (χ3v) is 5.32. The Bertz CT molecular complexity index is 441. The number of nitrogens with one attached hydrogen (secondary N) is 1. The molecule has 2 unspecified atom stereocenters. The molecule has 0 aromatic carbocycles. The zero-order valence-electron chi connectivity index (χ0n) is 12.2. The van der Waals surface area contributed by atoms with Crippen LogP contribution in [0.25, 0.3) is 0 Å². The monoisotopic (exact) mass is 292 g/mol. The van der Waals surface area contributed by atoms with Gasteiger partial charge in [0.1, 0.15) is 0 Å². The van der Waals surface area contributed by atoms with Crippen LogP contribution in [0.15, 0.2) is 16.8 Å². The molecule has 3 rings (SSSR count). The molecule has 1 saturated heterocycles. The van der Waals surface area contributed by atoms with E-state index in [4.69, 9.17) is 0 Å². The maximum absolute atomic E-state index is 12.8. The second kappa shape index (κ2) is 6.27. The van der Waals surface area contributed by atoms with Gasteiger partial charge in [0.25, 0.3) is 0 Å². The van der Waals surface area contributed by atoms with Gasteiger partial charge in [0.05, 0.1) is 6.04 Å². The number of rotatable bonds is 5. The van der Waals surface area contributed by atoms with E-state index in [1.54, 1.807) is 11.3 Å². The SMILES string of the molecule is CCC1CCNC(C(=O)N(Cc2ccsc2)C2CC2)C1. The molecule has 0 bridgehead atoms. The molecule has 2 atom stereocenters. The molecule has 1 N–H and O–H groups in total. The average molecular weight is 292 g/mol. The van der Waals surface area contributed by atoms with Crippen LogP contribution in [0, 0.1) is 5.92 Å². The van der Waals surface area contributed by atoms with Crippen LogP contribution in [0.3, 0.4) is 0 Å². The van der Waals surface area contributed by atoms with Crippen molar-refractivity contribution in [1.82, 2.24) is 10.2 Å². The highest BCUT2D eigenvalue weighted by atomic mass is 32.1. The molecule has 2 fully saturated rings. The van der Waals surface area contributed by atoms with E-state index in [1.165, 1.54) is 31.2 Å². The van der Waals surface area contributed by atoms with E-state index in [0.29, 0.717) is 17.9 Å². The molecule has 1 aromatic heterocycles. The van der Waals surface area contributed by atoms with Crippen LogP contribution >= 0.6 is 11.3 Å². The lowest BCUT2D eigenvalue weighted by Crippen LogP contribution is -2.50. The van der Waals surface area contributed by atoms with Gasteiger partial charge in [-0.1, -0.05) is 13.3 Å². The van der Waals surface area contributed by atoms with Gasteiger partial charge in [-0.3, -0.25) is 4.79 Å². The summed E-state index contributed by atoms with van der Waals surface area (Å²) in [6.07, 6.45) is 5.79. The normalized spacial score (nSPS) is 26.4. The predicted molar refractivity (Wildman–Crippen MR) is 82.7 cm³/mol. The van der Waals surface area contributed by atoms with Crippen LogP contribution in [0.4, 0.5) is 0 Å². The van der Waals surface area contributed by atoms with Gasteiger partial charge in [0.15, 0.2) is 0 Å². The highest BCUT2D eigenvalue weighted by Crippen LogP contribution is 2.31. The Labute approximate surface area is 125 Å². The molecule has 1 aromatic rings. The van der Waals surface area contributed by atoms with Crippen molar-refractivity contribution in [3.05, 3.63) is 22.4 Å². The van der Waals surface area contributed by atoms with Gasteiger partial charge in [-0.05, 0) is 60.5 Å². The first-order chi connectivity index (χ1) is 9.78. The third-order valence-electron chi connectivity index (χ3n) is 4.59. The lowest BCUT2D eigenvalue weighted by Gasteiger charge is -2.33. The highest BCUT2D eigenvalue weighted by Gasteiger charge is 2.37. The number of carbonyl (C=O) groups is 1. The molecular weight excluding hydrogens is 268 g/mol. The second-order valence-electron chi connectivity index (χ2n) is 6.13. The zero-order valence-corrected chi connectivity index (χ0v) is 13.0. The van der Waals surface area contributed by atoms with Crippen LogP contribution in [0.5, 0.6) is 0 Å². The van der Waals surface area contributed by atoms with Crippen LogP contribution in [-0.2, 0) is 11.3 Å². The van der Waals surface area contributed by atoms with Gasteiger partial charge < -0.3 is 10.2 Å². The predicted octanol–water partition coefficient (Wildman–Crippen LogP) is 3.02. The second-order valence-corrected chi connectivity index (χ2v) is 6.91. The summed E-state index contributed by atoms with van der Waals surface area (Å²) in [5.74, 6) is 1.05. The topological polar surface area (TPSA) is 32.3 Å². The largest absolute Gasteiger partial charge is 0.334 e. The maximum atomic E-state index is 12.8. The van der Waals surface area contributed by atoms with Crippen molar-refractivity contribution in [3.8, 4) is 0 Å². The number of carbonyl (C=O) groups excluding carboxylic acids is 1. The minimum Gasteiger partial charge on any atom is -0.334 e. The van der Waals surface area contributed by atoms with Gasteiger partial charge in [-0.2, -0.15) is 11.3 Å². The van der Waals surface area contributed by atoms with Gasteiger partial charge >= 0.3 is 0 Å². The van der Waals surface area contributed by atoms with Crippen molar-refractivity contribution in [2.24, 2.45) is 5.92 Å². The van der Waals surface area contributed by atoms with Crippen molar-refractivity contribution >= 4 is 17.2 Å². The molecule has 1 saturated carbocycles. The molecule has 2 heterocycles. The van der Waals surface area contributed by atoms with Gasteiger partial charge in [-0.25, -0.2) is 0 Å². The zero-order chi connectivity index (χ0) is 13.9. The Balaban J connectivity index is 1.66. The first kappa shape index (κ1) is 14.1. The molecular formula is C16H24N2OS. The summed E-state index contributed by atoms with van der Waals surface area (Å²) >= 11 is 1.71. The summed E-state index contributed by atoms with van der Waals surface area (Å²) in [6.45, 7) is 4.02. The molecule has 3 nitrogen and oxygen atoms in total. The molecule has 1 aliphatic heterocycles. The minimum absolute atomic E-state index is 0.0490. The van der Waals surface area contributed by atoms with Crippen LogP contribution in [-0.4, -0.2) is 29.4 Å². The first-order valence-corrected chi connectivity index (χ1v) is 8.77. The standard InChI is InChI=1S/C16H24N2OS/c1-2-12-5-7-17-15(9-12)16(19)18(14-3-4-14)10-13-6-8-20-11-13/h6,8,11-12,14-15,17H,2-5,7,9-10H2,1H3. The number of nitrogens with zero attached hydrogens (tertiary/aromatic N) is 1. The fourth-order valence-electron chi connectivity index (χ4n) is 3.11. The summed E-state index contributed by atoms with van der Waals surface area (Å²) in [6, 6.07) is 2.68. The van der Waals surface area contributed by atoms with Crippen molar-refractivity contribution in [2.75, 3.05) is 6.54 Å². The summed E-state index contributed by atoms with van der Waals surface area (Å²) in [5, 5.41) is 7.69. The van der Waals surface area contributed by atoms with E-state index in [9.17, 15) is 4.79 Å². The Morgan fingerprint density at radius 3 is 2.95 bits per heavy atom. The van der Waals surface area contributed by atoms with E-state index in [2.05, 4.69) is 34.0 Å². The fraction of sp³-hybridized carbons (Fsp3) is 0.688. The molecule has 110 valence electrons. The Hall–Kier alpha value is -0.870.